The van der Waals surface area contributed by atoms with Crippen molar-refractivity contribution in [2.75, 3.05) is 0 Å². The number of nitriles is 1. The molecular formula is C72H48N6. The van der Waals surface area contributed by atoms with Crippen LogP contribution in [0, 0.1) is 25.2 Å². The molecule has 6 heteroatoms. The first-order valence-electron chi connectivity index (χ1n) is 26.3. The minimum absolute atomic E-state index is 0.549. The molecule has 0 aliphatic heterocycles. The van der Waals surface area contributed by atoms with Crippen molar-refractivity contribution >= 4 is 43.6 Å². The summed E-state index contributed by atoms with van der Waals surface area (Å²) in [6.45, 7) is 4.35. The maximum Gasteiger partial charge on any atom is 0.166 e. The Morgan fingerprint density at radius 2 is 0.692 bits per heavy atom. The maximum absolute atomic E-state index is 9.79. The lowest BCUT2D eigenvalue weighted by atomic mass is 9.94. The predicted molar refractivity (Wildman–Crippen MR) is 321 cm³/mol. The third-order valence-corrected chi connectivity index (χ3v) is 15.3. The zero-order valence-electron chi connectivity index (χ0n) is 42.9. The van der Waals surface area contributed by atoms with Crippen molar-refractivity contribution in [1.29, 1.82) is 5.26 Å². The van der Waals surface area contributed by atoms with Crippen LogP contribution in [0.2, 0.25) is 0 Å². The molecule has 0 saturated carbocycles. The second-order valence-electron chi connectivity index (χ2n) is 20.0. The van der Waals surface area contributed by atoms with Gasteiger partial charge < -0.3 is 9.13 Å². The summed E-state index contributed by atoms with van der Waals surface area (Å²) < 4.78 is 4.80. The van der Waals surface area contributed by atoms with E-state index in [0.717, 1.165) is 83.2 Å². The van der Waals surface area contributed by atoms with Crippen molar-refractivity contribution in [3.63, 3.8) is 0 Å². The number of aromatic nitrogens is 5. The number of fused-ring (bicyclic) bond motifs is 6. The molecule has 0 unspecified atom stereocenters. The lowest BCUT2D eigenvalue weighted by Gasteiger charge is -2.19. The molecule has 0 aliphatic rings. The van der Waals surface area contributed by atoms with Crippen LogP contribution in [0.25, 0.3) is 134 Å². The fourth-order valence-corrected chi connectivity index (χ4v) is 11.5. The monoisotopic (exact) mass is 996 g/mol. The minimum atomic E-state index is 0.549. The summed E-state index contributed by atoms with van der Waals surface area (Å²) in [6.07, 6.45) is 0. The summed E-state index contributed by atoms with van der Waals surface area (Å²) in [5, 5.41) is 14.4. The second-order valence-corrected chi connectivity index (χ2v) is 20.0. The van der Waals surface area contributed by atoms with Crippen molar-refractivity contribution < 1.29 is 0 Å². The van der Waals surface area contributed by atoms with Gasteiger partial charge in [0.05, 0.1) is 45.1 Å². The van der Waals surface area contributed by atoms with Crippen LogP contribution >= 0.6 is 0 Å². The quantitative estimate of drug-likeness (QED) is 0.144. The molecule has 0 amide bonds. The average Bonchev–Trinajstić information content (AvgIpc) is 4.14. The number of hydrogen-bond donors (Lipinski definition) is 0. The minimum Gasteiger partial charge on any atom is -0.309 e. The van der Waals surface area contributed by atoms with Crippen LogP contribution in [0.3, 0.4) is 0 Å². The van der Waals surface area contributed by atoms with E-state index >= 15 is 0 Å². The normalized spacial score (nSPS) is 11.4. The molecule has 0 aliphatic carbocycles. The Morgan fingerprint density at radius 3 is 1.22 bits per heavy atom. The number of para-hydroxylation sites is 2. The van der Waals surface area contributed by atoms with Gasteiger partial charge in [-0.25, -0.2) is 15.0 Å². The zero-order chi connectivity index (χ0) is 52.3. The van der Waals surface area contributed by atoms with Crippen LogP contribution in [0.1, 0.15) is 16.7 Å². The third kappa shape index (κ3) is 7.92. The zero-order valence-corrected chi connectivity index (χ0v) is 42.9. The number of aryl methyl sites for hydroxylation is 2. The molecule has 0 spiro atoms. The second kappa shape index (κ2) is 19.0. The van der Waals surface area contributed by atoms with Crippen LogP contribution < -0.4 is 0 Å². The van der Waals surface area contributed by atoms with E-state index in [4.69, 9.17) is 15.0 Å². The lowest BCUT2D eigenvalue weighted by molar-refractivity contribution is 1.06. The molecule has 78 heavy (non-hydrogen) atoms. The number of hydrogen-bond acceptors (Lipinski definition) is 4. The summed E-state index contributed by atoms with van der Waals surface area (Å²) in [6, 6.07) is 92.3. The molecule has 0 saturated heterocycles. The van der Waals surface area contributed by atoms with Gasteiger partial charge in [-0.3, -0.25) is 0 Å². The summed E-state index contributed by atoms with van der Waals surface area (Å²) >= 11 is 0. The van der Waals surface area contributed by atoms with E-state index < -0.39 is 0 Å². The average molecular weight is 997 g/mol. The molecule has 6 nitrogen and oxygen atoms in total. The van der Waals surface area contributed by atoms with Crippen LogP contribution in [0.4, 0.5) is 0 Å². The van der Waals surface area contributed by atoms with Gasteiger partial charge in [0, 0.05) is 43.8 Å². The molecule has 3 heterocycles. The third-order valence-electron chi connectivity index (χ3n) is 15.3. The Bertz CT molecular complexity index is 4640. The van der Waals surface area contributed by atoms with Crippen molar-refractivity contribution in [2.24, 2.45) is 0 Å². The van der Waals surface area contributed by atoms with E-state index in [9.17, 15) is 5.26 Å². The standard InChI is InChI=1S/C72H48N6/c1-46-17-9-11-23-56(46)53-34-38-67-61(42-53)58-25-13-15-27-64(58)77(67)66-37-33-52(49-31-29-48(45-73)30-32-49)41-60(66)55-36-40-69(63(44-55)72-75-70(50-19-5-3-6-20-50)74-71(76-72)51-21-7-4-8-22-51)78-65-28-16-14-26-59(65)62-43-54(35-39-68(62)78)57-24-12-10-18-47(57)2/h3-44H,1-2H3. The van der Waals surface area contributed by atoms with Gasteiger partial charge in [0.15, 0.2) is 17.5 Å². The van der Waals surface area contributed by atoms with Crippen LogP contribution in [0.15, 0.2) is 255 Å². The molecule has 0 atom stereocenters. The maximum atomic E-state index is 9.79. The van der Waals surface area contributed by atoms with Crippen LogP contribution in [-0.2, 0) is 0 Å². The van der Waals surface area contributed by atoms with Crippen molar-refractivity contribution in [1.82, 2.24) is 24.1 Å². The fraction of sp³-hybridized carbons (Fsp3) is 0.0278. The van der Waals surface area contributed by atoms with Gasteiger partial charge in [0.1, 0.15) is 0 Å². The summed E-state index contributed by atoms with van der Waals surface area (Å²) in [4.78, 5) is 16.0. The van der Waals surface area contributed by atoms with E-state index in [0.29, 0.717) is 23.0 Å². The molecule has 366 valence electrons. The highest BCUT2D eigenvalue weighted by Gasteiger charge is 2.24. The van der Waals surface area contributed by atoms with E-state index in [2.05, 4.69) is 223 Å². The summed E-state index contributed by atoms with van der Waals surface area (Å²) in [7, 11) is 0. The lowest BCUT2D eigenvalue weighted by Crippen LogP contribution is -2.04. The van der Waals surface area contributed by atoms with Gasteiger partial charge in [-0.2, -0.15) is 5.26 Å². The molecule has 0 radical (unpaired) electrons. The molecule has 0 fully saturated rings. The highest BCUT2D eigenvalue weighted by Crippen LogP contribution is 2.44. The van der Waals surface area contributed by atoms with E-state index in [1.807, 2.05) is 60.7 Å². The first kappa shape index (κ1) is 46.1. The van der Waals surface area contributed by atoms with Gasteiger partial charge in [-0.15, -0.1) is 0 Å². The Kier molecular flexibility index (Phi) is 11.2. The van der Waals surface area contributed by atoms with Gasteiger partial charge in [-0.1, -0.05) is 182 Å². The van der Waals surface area contributed by atoms with E-state index in [-0.39, 0.29) is 0 Å². The van der Waals surface area contributed by atoms with Gasteiger partial charge >= 0.3 is 0 Å². The number of nitrogens with zero attached hydrogens (tertiary/aromatic N) is 6. The van der Waals surface area contributed by atoms with Gasteiger partial charge in [0.2, 0.25) is 0 Å². The highest BCUT2D eigenvalue weighted by molar-refractivity contribution is 6.12. The molecule has 14 aromatic rings. The summed E-state index contributed by atoms with van der Waals surface area (Å²) in [5.41, 5.74) is 20.8. The molecule has 0 bridgehead atoms. The van der Waals surface area contributed by atoms with Gasteiger partial charge in [0.25, 0.3) is 0 Å². The highest BCUT2D eigenvalue weighted by atomic mass is 15.1. The van der Waals surface area contributed by atoms with E-state index in [1.165, 1.54) is 44.2 Å². The Hall–Kier alpha value is -10.5. The number of benzene rings is 11. The largest absolute Gasteiger partial charge is 0.309 e. The van der Waals surface area contributed by atoms with Crippen molar-refractivity contribution in [3.05, 3.63) is 271 Å². The van der Waals surface area contributed by atoms with E-state index in [1.54, 1.807) is 0 Å². The Balaban J connectivity index is 1.06. The molecule has 14 rings (SSSR count). The van der Waals surface area contributed by atoms with Crippen molar-refractivity contribution in [2.45, 2.75) is 13.8 Å². The smallest absolute Gasteiger partial charge is 0.166 e. The summed E-state index contributed by atoms with van der Waals surface area (Å²) in [5.74, 6) is 1.71. The van der Waals surface area contributed by atoms with Crippen LogP contribution in [-0.4, -0.2) is 24.1 Å². The molecule has 11 aromatic carbocycles. The van der Waals surface area contributed by atoms with Crippen molar-refractivity contribution in [3.8, 4) is 96.1 Å². The fourth-order valence-electron chi connectivity index (χ4n) is 11.5. The Morgan fingerprint density at radius 1 is 0.295 bits per heavy atom. The van der Waals surface area contributed by atoms with Gasteiger partial charge in [-0.05, 0) is 137 Å². The first-order chi connectivity index (χ1) is 38.5. The van der Waals surface area contributed by atoms with Crippen LogP contribution in [0.5, 0.6) is 0 Å². The molecule has 0 N–H and O–H groups in total. The molecule has 3 aromatic heterocycles. The predicted octanol–water partition coefficient (Wildman–Crippen LogP) is 18.2. The first-order valence-corrected chi connectivity index (χ1v) is 26.3. The number of rotatable bonds is 9. The topological polar surface area (TPSA) is 72.3 Å². The SMILES string of the molecule is Cc1ccccc1-c1ccc2c(c1)c1ccccc1n2-c1ccc(-c2ccc(C#N)cc2)cc1-c1ccc(-n2c3ccccc3c3cc(-c4ccccc4C)ccc32)c(-c2nc(-c3ccccc3)nc(-c3ccccc3)n2)c1. The Labute approximate surface area is 452 Å². The molecular weight excluding hydrogens is 949 g/mol.